The van der Waals surface area contributed by atoms with E-state index in [1.807, 2.05) is 0 Å². The number of ether oxygens (including phenoxy) is 1. The van der Waals surface area contributed by atoms with Crippen molar-refractivity contribution in [1.82, 2.24) is 5.32 Å². The van der Waals surface area contributed by atoms with Gasteiger partial charge in [0.15, 0.2) is 0 Å². The van der Waals surface area contributed by atoms with Crippen LogP contribution < -0.4 is 10.1 Å². The van der Waals surface area contributed by atoms with Crippen molar-refractivity contribution < 1.29 is 18.3 Å². The fourth-order valence-electron chi connectivity index (χ4n) is 2.51. The van der Waals surface area contributed by atoms with Gasteiger partial charge in [-0.15, -0.1) is 0 Å². The molecule has 1 N–H and O–H groups in total. The van der Waals surface area contributed by atoms with Gasteiger partial charge in [0.05, 0.1) is 7.11 Å². The van der Waals surface area contributed by atoms with Crippen LogP contribution in [0.4, 0.5) is 8.78 Å². The zero-order valence-corrected chi connectivity index (χ0v) is 13.6. The first-order valence-corrected chi connectivity index (χ1v) is 7.74. The van der Waals surface area contributed by atoms with E-state index in [1.54, 1.807) is 12.1 Å². The number of hydrogen-bond acceptors (Lipinski definition) is 3. The molecular weight excluding hydrogens is 326 g/mol. The minimum atomic E-state index is -0.424. The van der Waals surface area contributed by atoms with Gasteiger partial charge in [-0.1, -0.05) is 12.1 Å². The van der Waals surface area contributed by atoms with Crippen LogP contribution in [0.2, 0.25) is 0 Å². The van der Waals surface area contributed by atoms with E-state index < -0.39 is 5.82 Å². The summed E-state index contributed by atoms with van der Waals surface area (Å²) in [4.78, 5) is 16.3. The number of halogens is 2. The number of carbonyl (C=O) groups excluding carboxylic acids is 1. The molecule has 2 aromatic rings. The third-order valence-corrected chi connectivity index (χ3v) is 3.79. The predicted molar refractivity (Wildman–Crippen MR) is 91.2 cm³/mol. The number of amides is 1. The SMILES string of the molecule is COc1ccc(F)cc1/C=C1/N=C(CCc2ccc(F)cc2)NC1=O. The number of amidine groups is 1. The number of nitrogens with one attached hydrogen (secondary N) is 1. The van der Waals surface area contributed by atoms with Gasteiger partial charge in [0, 0.05) is 12.0 Å². The summed E-state index contributed by atoms with van der Waals surface area (Å²) >= 11 is 0. The van der Waals surface area contributed by atoms with Gasteiger partial charge in [0.25, 0.3) is 5.91 Å². The Labute approximate surface area is 143 Å². The van der Waals surface area contributed by atoms with Gasteiger partial charge < -0.3 is 10.1 Å². The number of rotatable bonds is 5. The summed E-state index contributed by atoms with van der Waals surface area (Å²) in [6.07, 6.45) is 2.62. The molecule has 0 atom stereocenters. The van der Waals surface area contributed by atoms with E-state index in [1.165, 1.54) is 43.5 Å². The molecule has 25 heavy (non-hydrogen) atoms. The molecule has 1 heterocycles. The highest BCUT2D eigenvalue weighted by Gasteiger charge is 2.20. The van der Waals surface area contributed by atoms with Gasteiger partial charge in [-0.3, -0.25) is 4.79 Å². The number of hydrogen-bond donors (Lipinski definition) is 1. The van der Waals surface area contributed by atoms with Gasteiger partial charge in [-0.05, 0) is 48.4 Å². The second-order valence-corrected chi connectivity index (χ2v) is 5.55. The van der Waals surface area contributed by atoms with Crippen LogP contribution in [0.25, 0.3) is 6.08 Å². The van der Waals surface area contributed by atoms with Crippen LogP contribution in [0.3, 0.4) is 0 Å². The Balaban J connectivity index is 1.76. The van der Waals surface area contributed by atoms with Gasteiger partial charge in [0.2, 0.25) is 0 Å². The van der Waals surface area contributed by atoms with Crippen molar-refractivity contribution in [2.45, 2.75) is 12.8 Å². The lowest BCUT2D eigenvalue weighted by atomic mass is 10.1. The van der Waals surface area contributed by atoms with E-state index in [4.69, 9.17) is 4.74 Å². The fraction of sp³-hybridized carbons (Fsp3) is 0.158. The first-order valence-electron chi connectivity index (χ1n) is 7.74. The minimum Gasteiger partial charge on any atom is -0.496 e. The van der Waals surface area contributed by atoms with Gasteiger partial charge >= 0.3 is 0 Å². The topological polar surface area (TPSA) is 50.7 Å². The highest BCUT2D eigenvalue weighted by Crippen LogP contribution is 2.23. The molecule has 0 aromatic heterocycles. The van der Waals surface area contributed by atoms with Crippen LogP contribution in [0, 0.1) is 11.6 Å². The molecule has 1 amide bonds. The number of nitrogens with zero attached hydrogens (tertiary/aromatic N) is 1. The van der Waals surface area contributed by atoms with Crippen LogP contribution in [0.5, 0.6) is 5.75 Å². The van der Waals surface area contributed by atoms with Crippen LogP contribution in [0.15, 0.2) is 53.2 Å². The van der Waals surface area contributed by atoms with Crippen molar-refractivity contribution >= 4 is 17.8 Å². The number of aliphatic imine (C=N–C) groups is 1. The predicted octanol–water partition coefficient (Wildman–Crippen LogP) is 3.48. The average Bonchev–Trinajstić information content (AvgIpc) is 2.94. The molecule has 6 heteroatoms. The summed E-state index contributed by atoms with van der Waals surface area (Å²) in [5.41, 5.74) is 1.58. The molecule has 0 saturated carbocycles. The molecule has 0 bridgehead atoms. The lowest BCUT2D eigenvalue weighted by molar-refractivity contribution is -0.115. The highest BCUT2D eigenvalue weighted by molar-refractivity contribution is 6.14. The van der Waals surface area contributed by atoms with Crippen molar-refractivity contribution in [2.24, 2.45) is 4.99 Å². The molecule has 0 spiro atoms. The van der Waals surface area contributed by atoms with Crippen LogP contribution in [-0.2, 0) is 11.2 Å². The van der Waals surface area contributed by atoms with E-state index in [9.17, 15) is 13.6 Å². The Morgan fingerprint density at radius 1 is 1.08 bits per heavy atom. The Morgan fingerprint density at radius 2 is 1.80 bits per heavy atom. The number of benzene rings is 2. The van der Waals surface area contributed by atoms with Crippen molar-refractivity contribution in [3.8, 4) is 5.75 Å². The third kappa shape index (κ3) is 4.09. The van der Waals surface area contributed by atoms with E-state index in [0.29, 0.717) is 30.0 Å². The molecule has 0 unspecified atom stereocenters. The Kier molecular flexibility index (Phi) is 4.88. The van der Waals surface area contributed by atoms with E-state index in [2.05, 4.69) is 10.3 Å². The normalized spacial score (nSPS) is 15.2. The Morgan fingerprint density at radius 3 is 2.52 bits per heavy atom. The summed E-state index contributed by atoms with van der Waals surface area (Å²) in [5, 5.41) is 2.69. The van der Waals surface area contributed by atoms with E-state index >= 15 is 0 Å². The summed E-state index contributed by atoms with van der Waals surface area (Å²) < 4.78 is 31.5. The molecule has 0 aliphatic carbocycles. The monoisotopic (exact) mass is 342 g/mol. The second kappa shape index (κ2) is 7.25. The molecule has 2 aromatic carbocycles. The van der Waals surface area contributed by atoms with Crippen molar-refractivity contribution in [3.63, 3.8) is 0 Å². The first-order chi connectivity index (χ1) is 12.0. The first kappa shape index (κ1) is 16.8. The molecule has 128 valence electrons. The molecule has 0 saturated heterocycles. The summed E-state index contributed by atoms with van der Waals surface area (Å²) in [6, 6.07) is 10.2. The number of carbonyl (C=O) groups is 1. The molecule has 3 rings (SSSR count). The number of methoxy groups -OCH3 is 1. The second-order valence-electron chi connectivity index (χ2n) is 5.55. The molecule has 4 nitrogen and oxygen atoms in total. The lowest BCUT2D eigenvalue weighted by Crippen LogP contribution is -2.24. The van der Waals surface area contributed by atoms with Crippen molar-refractivity contribution in [1.29, 1.82) is 0 Å². The van der Waals surface area contributed by atoms with Crippen LogP contribution in [-0.4, -0.2) is 18.9 Å². The summed E-state index contributed by atoms with van der Waals surface area (Å²) in [6.45, 7) is 0. The maximum atomic E-state index is 13.4. The molecule has 1 aliphatic heterocycles. The fourth-order valence-corrected chi connectivity index (χ4v) is 2.51. The summed E-state index contributed by atoms with van der Waals surface area (Å²) in [5.74, 6) is -0.0795. The van der Waals surface area contributed by atoms with Gasteiger partial charge in [-0.25, -0.2) is 13.8 Å². The standard InChI is InChI=1S/C19H16F2N2O2/c1-25-17-8-7-15(21)10-13(17)11-16-19(24)23-18(22-16)9-4-12-2-5-14(20)6-3-12/h2-3,5-8,10-11H,4,9H2,1H3,(H,22,23,24)/b16-11+. The Hall–Kier alpha value is -3.02. The van der Waals surface area contributed by atoms with E-state index in [-0.39, 0.29) is 17.4 Å². The molecule has 0 radical (unpaired) electrons. The summed E-state index contributed by atoms with van der Waals surface area (Å²) in [7, 11) is 1.47. The van der Waals surface area contributed by atoms with Crippen molar-refractivity contribution in [2.75, 3.05) is 7.11 Å². The molecule has 1 aliphatic rings. The Bertz CT molecular complexity index is 858. The maximum absolute atomic E-state index is 13.4. The minimum absolute atomic E-state index is 0.193. The van der Waals surface area contributed by atoms with Crippen molar-refractivity contribution in [3.05, 3.63) is 70.9 Å². The smallest absolute Gasteiger partial charge is 0.275 e. The quantitative estimate of drug-likeness (QED) is 0.846. The lowest BCUT2D eigenvalue weighted by Gasteiger charge is -2.04. The molecular formula is C19H16F2N2O2. The highest BCUT2D eigenvalue weighted by atomic mass is 19.1. The third-order valence-electron chi connectivity index (χ3n) is 3.79. The maximum Gasteiger partial charge on any atom is 0.275 e. The largest absolute Gasteiger partial charge is 0.496 e. The van der Waals surface area contributed by atoms with Crippen LogP contribution in [0.1, 0.15) is 17.5 Å². The van der Waals surface area contributed by atoms with Gasteiger partial charge in [-0.2, -0.15) is 0 Å². The number of aryl methyl sites for hydroxylation is 1. The zero-order chi connectivity index (χ0) is 17.8. The molecule has 0 fully saturated rings. The van der Waals surface area contributed by atoms with E-state index in [0.717, 1.165) is 5.56 Å². The van der Waals surface area contributed by atoms with Crippen LogP contribution >= 0.6 is 0 Å². The zero-order valence-electron chi connectivity index (χ0n) is 13.6. The van der Waals surface area contributed by atoms with Gasteiger partial charge in [0.1, 0.15) is 28.9 Å². The average molecular weight is 342 g/mol.